The monoisotopic (exact) mass is 712 g/mol. The van der Waals surface area contributed by atoms with Gasteiger partial charge in [0.25, 0.3) is 0 Å². The first-order chi connectivity index (χ1) is 14.5. The molecule has 34 heavy (non-hydrogen) atoms. The molecule has 0 fully saturated rings. The summed E-state index contributed by atoms with van der Waals surface area (Å²) in [5.74, 6) is -0.333. The third kappa shape index (κ3) is 83.8. The lowest BCUT2D eigenvalue weighted by atomic mass is 10.4. The average Bonchev–Trinajstić information content (AvgIpc) is 2.59. The molecule has 0 spiro atoms. The Morgan fingerprint density at radius 1 is 0.765 bits per heavy atom. The molecule has 0 aliphatic rings. The first kappa shape index (κ1) is 52.7. The molecule has 0 amide bonds. The van der Waals surface area contributed by atoms with Gasteiger partial charge in [-0.15, -0.1) is 46.4 Å². The minimum atomic E-state index is -1.31. The molecule has 0 aliphatic heterocycles. The summed E-state index contributed by atoms with van der Waals surface area (Å²) in [6, 6.07) is 0. The van der Waals surface area contributed by atoms with E-state index in [1.165, 1.54) is 6.92 Å². The SMILES string of the molecule is C=C(C)Cl.C=C(C)Cl.C=C(C)F.CCC(C)Cl.CCC(Cl)(Cl)C(Cl)Cl.CCC(Cl)C(Cl)(Cl)Cl.F. The zero-order chi connectivity index (χ0) is 28.6. The third-order valence-corrected chi connectivity index (χ3v) is 6.30. The van der Waals surface area contributed by atoms with Gasteiger partial charge in [-0.1, -0.05) is 122 Å². The molecule has 0 aliphatic carbocycles. The molecular formula is C21H37Cl11F2. The first-order valence-electron chi connectivity index (χ1n) is 9.39. The highest BCUT2D eigenvalue weighted by molar-refractivity contribution is 6.70. The third-order valence-electron chi connectivity index (χ3n) is 2.07. The highest BCUT2D eigenvalue weighted by Crippen LogP contribution is 2.35. The van der Waals surface area contributed by atoms with Crippen LogP contribution in [0.1, 0.15) is 67.7 Å². The summed E-state index contributed by atoms with van der Waals surface area (Å²) in [5.41, 5.74) is 0. The van der Waals surface area contributed by atoms with E-state index in [0.717, 1.165) is 6.42 Å². The lowest BCUT2D eigenvalue weighted by Gasteiger charge is -2.16. The fourth-order valence-electron chi connectivity index (χ4n) is 0.386. The van der Waals surface area contributed by atoms with Crippen LogP contribution in [0, 0.1) is 0 Å². The Labute approximate surface area is 261 Å². The van der Waals surface area contributed by atoms with E-state index in [9.17, 15) is 4.39 Å². The summed E-state index contributed by atoms with van der Waals surface area (Å²) in [6.45, 7) is 22.0. The molecule has 0 rings (SSSR count). The fraction of sp³-hybridized carbons (Fsp3) is 0.714. The molecule has 0 saturated carbocycles. The van der Waals surface area contributed by atoms with Crippen LogP contribution in [-0.4, -0.2) is 23.7 Å². The van der Waals surface area contributed by atoms with E-state index >= 15 is 0 Å². The predicted molar refractivity (Wildman–Crippen MR) is 166 cm³/mol. The quantitative estimate of drug-likeness (QED) is 0.254. The van der Waals surface area contributed by atoms with E-state index in [1.807, 2.05) is 20.8 Å². The van der Waals surface area contributed by atoms with Crippen LogP contribution in [0.4, 0.5) is 9.09 Å². The van der Waals surface area contributed by atoms with Gasteiger partial charge in [0.05, 0.1) is 11.2 Å². The topological polar surface area (TPSA) is 0 Å². The molecule has 2 atom stereocenters. The highest BCUT2D eigenvalue weighted by Gasteiger charge is 2.29. The number of alkyl halides is 9. The molecule has 0 aromatic rings. The first-order valence-corrected chi connectivity index (χ1v) is 13.8. The van der Waals surface area contributed by atoms with Crippen molar-refractivity contribution in [2.24, 2.45) is 0 Å². The molecule has 0 radical (unpaired) electrons. The predicted octanol–water partition coefficient (Wildman–Crippen LogP) is 13.9. The molecule has 0 aromatic carbocycles. The van der Waals surface area contributed by atoms with Crippen LogP contribution in [0.2, 0.25) is 0 Å². The second-order valence-corrected chi connectivity index (χ2v) is 13.6. The largest absolute Gasteiger partial charge is 0.269 e. The minimum absolute atomic E-state index is 0. The van der Waals surface area contributed by atoms with Crippen molar-refractivity contribution < 1.29 is 9.09 Å². The normalized spacial score (nSPS) is 11.3. The van der Waals surface area contributed by atoms with Crippen LogP contribution in [0.5, 0.6) is 0 Å². The standard InChI is InChI=1S/2C4H6Cl4.C4H9Cl.2C3H5Cl.C3H5F.FH/c1-2-4(7,8)3(5)6;1-2-3(5)4(6,7)8;1-3-4(2)5;3*1-3(2)4;/h2*3H,2H2,1H3;4H,3H2,1-2H3;3*1H2,2H3;1H. The van der Waals surface area contributed by atoms with Crippen LogP contribution < -0.4 is 0 Å². The number of allylic oxidation sites excluding steroid dienone is 3. The summed E-state index contributed by atoms with van der Waals surface area (Å²) >= 11 is 59.2. The number of rotatable bonds is 4. The van der Waals surface area contributed by atoms with Crippen molar-refractivity contribution in [1.82, 2.24) is 0 Å². The van der Waals surface area contributed by atoms with E-state index in [1.54, 1.807) is 13.8 Å². The maximum atomic E-state index is 10.8. The van der Waals surface area contributed by atoms with Gasteiger partial charge in [-0.3, -0.25) is 4.70 Å². The molecule has 13 heteroatoms. The van der Waals surface area contributed by atoms with Gasteiger partial charge in [0.1, 0.15) is 9.17 Å². The van der Waals surface area contributed by atoms with Gasteiger partial charge >= 0.3 is 0 Å². The molecule has 0 nitrogen and oxygen atoms in total. The van der Waals surface area contributed by atoms with Gasteiger partial charge in [-0.25, -0.2) is 4.39 Å². The van der Waals surface area contributed by atoms with Gasteiger partial charge in [0.2, 0.25) is 3.79 Å². The maximum Gasteiger partial charge on any atom is 0.206 e. The summed E-state index contributed by atoms with van der Waals surface area (Å²) in [4.78, 5) is -0.712. The minimum Gasteiger partial charge on any atom is -0.269 e. The van der Waals surface area contributed by atoms with Crippen LogP contribution >= 0.6 is 128 Å². The molecule has 0 aromatic heterocycles. The maximum absolute atomic E-state index is 10.8. The van der Waals surface area contributed by atoms with Crippen LogP contribution in [0.15, 0.2) is 35.6 Å². The lowest BCUT2D eigenvalue weighted by molar-refractivity contribution is 0.645. The lowest BCUT2D eigenvalue weighted by Crippen LogP contribution is -2.19. The van der Waals surface area contributed by atoms with Crippen LogP contribution in [0.3, 0.4) is 0 Å². The van der Waals surface area contributed by atoms with Crippen molar-refractivity contribution in [2.45, 2.75) is 91.4 Å². The van der Waals surface area contributed by atoms with E-state index in [2.05, 4.69) is 26.7 Å². The van der Waals surface area contributed by atoms with E-state index < -0.39 is 13.0 Å². The second kappa shape index (κ2) is 33.3. The Bertz CT molecular complexity index is 424. The van der Waals surface area contributed by atoms with Crippen molar-refractivity contribution in [3.8, 4) is 0 Å². The molecule has 2 unspecified atom stereocenters. The van der Waals surface area contributed by atoms with Crippen LogP contribution in [-0.2, 0) is 0 Å². The molecule has 0 N–H and O–H groups in total. The van der Waals surface area contributed by atoms with Gasteiger partial charge < -0.3 is 0 Å². The number of hydrogen-bond acceptors (Lipinski definition) is 0. The van der Waals surface area contributed by atoms with Crippen molar-refractivity contribution in [3.05, 3.63) is 35.6 Å². The van der Waals surface area contributed by atoms with E-state index in [0.29, 0.717) is 28.3 Å². The highest BCUT2D eigenvalue weighted by atomic mass is 35.6. The van der Waals surface area contributed by atoms with Crippen molar-refractivity contribution in [2.75, 3.05) is 0 Å². The smallest absolute Gasteiger partial charge is 0.206 e. The van der Waals surface area contributed by atoms with Crippen molar-refractivity contribution in [1.29, 1.82) is 0 Å². The number of hydrogen-bond donors (Lipinski definition) is 0. The molecule has 212 valence electrons. The van der Waals surface area contributed by atoms with Gasteiger partial charge in [-0.2, -0.15) is 0 Å². The fourth-order valence-corrected chi connectivity index (χ4v) is 1.16. The second-order valence-electron chi connectivity index (χ2n) is 6.05. The summed E-state index contributed by atoms with van der Waals surface area (Å²) in [7, 11) is 0. The molecule has 0 bridgehead atoms. The van der Waals surface area contributed by atoms with E-state index in [4.69, 9.17) is 128 Å². The zero-order valence-electron chi connectivity index (χ0n) is 20.4. The Morgan fingerprint density at radius 3 is 0.971 bits per heavy atom. The Morgan fingerprint density at radius 2 is 0.971 bits per heavy atom. The molecular weight excluding hydrogens is 680 g/mol. The summed E-state index contributed by atoms with van der Waals surface area (Å²) < 4.78 is 8.51. The Balaban J connectivity index is -0.0000000527. The Hall–Kier alpha value is 2.27. The summed E-state index contributed by atoms with van der Waals surface area (Å²) in [6.07, 6.45) is 2.29. The zero-order valence-corrected chi connectivity index (χ0v) is 28.7. The Kier molecular flexibility index (Phi) is 51.6. The summed E-state index contributed by atoms with van der Waals surface area (Å²) in [5, 5.41) is 1.25. The van der Waals surface area contributed by atoms with Crippen molar-refractivity contribution in [3.63, 3.8) is 0 Å². The molecule has 0 heterocycles. The van der Waals surface area contributed by atoms with E-state index in [-0.39, 0.29) is 15.9 Å². The molecule has 0 saturated heterocycles. The average molecular weight is 718 g/mol. The van der Waals surface area contributed by atoms with Crippen LogP contribution in [0.25, 0.3) is 0 Å². The van der Waals surface area contributed by atoms with Gasteiger partial charge in [0.15, 0.2) is 0 Å². The van der Waals surface area contributed by atoms with Gasteiger partial charge in [0, 0.05) is 15.4 Å². The van der Waals surface area contributed by atoms with Gasteiger partial charge in [-0.05, 0) is 47.0 Å². The van der Waals surface area contributed by atoms with Crippen molar-refractivity contribution >= 4 is 128 Å². The number of halogens is 13.